The largest absolute Gasteiger partial charge is 0.313 e. The second-order valence-electron chi connectivity index (χ2n) is 5.66. The molecule has 114 valence electrons. The number of sulfone groups is 1. The van der Waals surface area contributed by atoms with E-state index in [0.29, 0.717) is 11.8 Å². The monoisotopic (exact) mass is 307 g/mol. The topological polar surface area (TPSA) is 46.2 Å². The van der Waals surface area contributed by atoms with Gasteiger partial charge >= 0.3 is 0 Å². The van der Waals surface area contributed by atoms with Gasteiger partial charge in [-0.05, 0) is 31.7 Å². The molecule has 0 aromatic heterocycles. The summed E-state index contributed by atoms with van der Waals surface area (Å²) in [6, 6.07) is 0.574. The van der Waals surface area contributed by atoms with Crippen molar-refractivity contribution >= 4 is 21.6 Å². The van der Waals surface area contributed by atoms with Crippen LogP contribution in [0.1, 0.15) is 45.4 Å². The summed E-state index contributed by atoms with van der Waals surface area (Å²) in [7, 11) is -2.81. The zero-order valence-corrected chi connectivity index (χ0v) is 14.0. The van der Waals surface area contributed by atoms with Gasteiger partial charge in [-0.2, -0.15) is 11.8 Å². The molecule has 1 atom stereocenters. The minimum Gasteiger partial charge on any atom is -0.313 e. The molecule has 0 aromatic carbocycles. The van der Waals surface area contributed by atoms with Crippen molar-refractivity contribution in [3.05, 3.63) is 0 Å². The molecule has 19 heavy (non-hydrogen) atoms. The first-order valence-corrected chi connectivity index (χ1v) is 10.7. The summed E-state index contributed by atoms with van der Waals surface area (Å²) in [5, 5.41) is 3.67. The van der Waals surface area contributed by atoms with Crippen LogP contribution in [0.2, 0.25) is 0 Å². The van der Waals surface area contributed by atoms with Gasteiger partial charge in [-0.25, -0.2) is 8.42 Å². The van der Waals surface area contributed by atoms with Crippen molar-refractivity contribution in [2.24, 2.45) is 5.92 Å². The van der Waals surface area contributed by atoms with Crippen molar-refractivity contribution in [2.75, 3.05) is 30.1 Å². The SMILES string of the molecule is CCCNC(CSCCS(C)(=O)=O)C1CCCCC1. The minimum atomic E-state index is -2.81. The molecule has 1 aliphatic rings. The molecule has 1 N–H and O–H groups in total. The van der Waals surface area contributed by atoms with Crippen LogP contribution in [0, 0.1) is 5.92 Å². The fourth-order valence-corrected chi connectivity index (χ4v) is 5.14. The van der Waals surface area contributed by atoms with E-state index in [-0.39, 0.29) is 0 Å². The predicted octanol–water partition coefficient (Wildman–Crippen LogP) is 2.71. The fraction of sp³-hybridized carbons (Fsp3) is 1.00. The molecule has 0 saturated heterocycles. The van der Waals surface area contributed by atoms with Crippen LogP contribution in [0.15, 0.2) is 0 Å². The van der Waals surface area contributed by atoms with Gasteiger partial charge in [-0.3, -0.25) is 0 Å². The van der Waals surface area contributed by atoms with Gasteiger partial charge in [-0.1, -0.05) is 26.2 Å². The molecule has 0 aliphatic heterocycles. The molecule has 0 heterocycles. The fourth-order valence-electron chi connectivity index (χ4n) is 2.65. The first kappa shape index (κ1) is 17.3. The normalized spacial score (nSPS) is 19.5. The first-order valence-electron chi connectivity index (χ1n) is 7.52. The summed E-state index contributed by atoms with van der Waals surface area (Å²) in [6.45, 7) is 3.27. The molecule has 0 spiro atoms. The van der Waals surface area contributed by atoms with Crippen LogP contribution in [0.3, 0.4) is 0 Å². The third-order valence-corrected chi connectivity index (χ3v) is 6.06. The Morgan fingerprint density at radius 3 is 2.53 bits per heavy atom. The average molecular weight is 308 g/mol. The summed E-state index contributed by atoms with van der Waals surface area (Å²) < 4.78 is 22.2. The maximum absolute atomic E-state index is 11.1. The Labute approximate surface area is 123 Å². The highest BCUT2D eigenvalue weighted by Gasteiger charge is 2.22. The van der Waals surface area contributed by atoms with Gasteiger partial charge in [0.05, 0.1) is 5.75 Å². The zero-order chi connectivity index (χ0) is 14.1. The van der Waals surface area contributed by atoms with Crippen LogP contribution in [0.25, 0.3) is 0 Å². The molecule has 0 bridgehead atoms. The van der Waals surface area contributed by atoms with Crippen molar-refractivity contribution in [2.45, 2.75) is 51.5 Å². The van der Waals surface area contributed by atoms with Crippen molar-refractivity contribution in [3.8, 4) is 0 Å². The van der Waals surface area contributed by atoms with E-state index in [0.717, 1.165) is 30.4 Å². The Morgan fingerprint density at radius 2 is 1.95 bits per heavy atom. The molecule has 3 nitrogen and oxygen atoms in total. The Morgan fingerprint density at radius 1 is 1.26 bits per heavy atom. The Hall–Kier alpha value is 0.260. The van der Waals surface area contributed by atoms with Crippen LogP contribution < -0.4 is 5.32 Å². The van der Waals surface area contributed by atoms with Crippen LogP contribution in [-0.4, -0.2) is 44.5 Å². The quantitative estimate of drug-likeness (QED) is 0.665. The predicted molar refractivity (Wildman–Crippen MR) is 85.7 cm³/mol. The number of thioether (sulfide) groups is 1. The van der Waals surface area contributed by atoms with E-state index in [2.05, 4.69) is 12.2 Å². The Bertz CT molecular complexity index is 324. The summed E-state index contributed by atoms with van der Waals surface area (Å²) in [6.07, 6.45) is 9.28. The number of nitrogens with one attached hydrogen (secondary N) is 1. The highest BCUT2D eigenvalue weighted by molar-refractivity contribution is 8.00. The number of hydrogen-bond donors (Lipinski definition) is 1. The molecule has 1 fully saturated rings. The van der Waals surface area contributed by atoms with Crippen molar-refractivity contribution in [1.29, 1.82) is 0 Å². The molecule has 5 heteroatoms. The van der Waals surface area contributed by atoms with Crippen LogP contribution >= 0.6 is 11.8 Å². The van der Waals surface area contributed by atoms with Crippen molar-refractivity contribution in [1.82, 2.24) is 5.32 Å². The van der Waals surface area contributed by atoms with E-state index in [9.17, 15) is 8.42 Å². The van der Waals surface area contributed by atoms with Gasteiger partial charge in [0.25, 0.3) is 0 Å². The third kappa shape index (κ3) is 8.20. The molecular weight excluding hydrogens is 278 g/mol. The summed E-state index contributed by atoms with van der Waals surface area (Å²) in [5.74, 6) is 2.89. The molecule has 0 aromatic rings. The van der Waals surface area contributed by atoms with Crippen molar-refractivity contribution in [3.63, 3.8) is 0 Å². The summed E-state index contributed by atoms with van der Waals surface area (Å²) in [4.78, 5) is 0. The van der Waals surface area contributed by atoms with Gasteiger partial charge < -0.3 is 5.32 Å². The van der Waals surface area contributed by atoms with Gasteiger partial charge in [0.15, 0.2) is 0 Å². The molecule has 0 amide bonds. The van der Waals surface area contributed by atoms with Gasteiger partial charge in [0.1, 0.15) is 9.84 Å². The summed E-state index contributed by atoms with van der Waals surface area (Å²) >= 11 is 1.79. The smallest absolute Gasteiger partial charge is 0.148 e. The van der Waals surface area contributed by atoms with Crippen LogP contribution in [-0.2, 0) is 9.84 Å². The second-order valence-corrected chi connectivity index (χ2v) is 9.07. The maximum atomic E-state index is 11.1. The van der Waals surface area contributed by atoms with E-state index in [4.69, 9.17) is 0 Å². The molecular formula is C14H29NO2S2. The average Bonchev–Trinajstić information content (AvgIpc) is 2.38. The standard InChI is InChI=1S/C14H29NO2S2/c1-3-9-15-14(13-7-5-4-6-8-13)12-18-10-11-19(2,16)17/h13-15H,3-12H2,1-2H3. The Kier molecular flexibility index (Phi) is 8.42. The van der Waals surface area contributed by atoms with Crippen LogP contribution in [0.4, 0.5) is 0 Å². The second kappa shape index (κ2) is 9.24. The lowest BCUT2D eigenvalue weighted by Crippen LogP contribution is -2.39. The number of rotatable bonds is 9. The van der Waals surface area contributed by atoms with Gasteiger partial charge in [-0.15, -0.1) is 0 Å². The minimum absolute atomic E-state index is 0.308. The van der Waals surface area contributed by atoms with Gasteiger partial charge in [0.2, 0.25) is 0 Å². The highest BCUT2D eigenvalue weighted by Crippen LogP contribution is 2.28. The van der Waals surface area contributed by atoms with E-state index >= 15 is 0 Å². The van der Waals surface area contributed by atoms with E-state index in [1.165, 1.54) is 38.4 Å². The zero-order valence-electron chi connectivity index (χ0n) is 12.4. The van der Waals surface area contributed by atoms with Gasteiger partial charge in [0, 0.05) is 23.8 Å². The lowest BCUT2D eigenvalue weighted by Gasteiger charge is -2.31. The highest BCUT2D eigenvalue weighted by atomic mass is 32.2. The maximum Gasteiger partial charge on any atom is 0.148 e. The van der Waals surface area contributed by atoms with Crippen LogP contribution in [0.5, 0.6) is 0 Å². The first-order chi connectivity index (χ1) is 9.03. The lowest BCUT2D eigenvalue weighted by molar-refractivity contribution is 0.285. The molecule has 1 rings (SSSR count). The van der Waals surface area contributed by atoms with E-state index < -0.39 is 9.84 Å². The van der Waals surface area contributed by atoms with E-state index in [1.807, 2.05) is 0 Å². The molecule has 1 saturated carbocycles. The lowest BCUT2D eigenvalue weighted by atomic mass is 9.84. The third-order valence-electron chi connectivity index (χ3n) is 3.77. The molecule has 1 aliphatic carbocycles. The number of hydrogen-bond acceptors (Lipinski definition) is 4. The van der Waals surface area contributed by atoms with E-state index in [1.54, 1.807) is 11.8 Å². The summed E-state index contributed by atoms with van der Waals surface area (Å²) in [5.41, 5.74) is 0. The molecule has 1 unspecified atom stereocenters. The van der Waals surface area contributed by atoms with Crippen molar-refractivity contribution < 1.29 is 8.42 Å². The Balaban J connectivity index is 2.31. The molecule has 0 radical (unpaired) electrons.